The van der Waals surface area contributed by atoms with Gasteiger partial charge in [0.15, 0.2) is 0 Å². The van der Waals surface area contributed by atoms with Crippen LogP contribution in [0.25, 0.3) is 0 Å². The topological polar surface area (TPSA) is 26.0 Å². The van der Waals surface area contributed by atoms with Gasteiger partial charge in [0.2, 0.25) is 0 Å². The predicted molar refractivity (Wildman–Crippen MR) is 68.2 cm³/mol. The van der Waals surface area contributed by atoms with Crippen LogP contribution in [0.4, 0.5) is 0 Å². The highest BCUT2D eigenvalue weighted by Gasteiger charge is 2.15. The summed E-state index contributed by atoms with van der Waals surface area (Å²) in [7, 11) is 0. The fourth-order valence-electron chi connectivity index (χ4n) is 1.93. The first-order valence-corrected chi connectivity index (χ1v) is 5.64. The van der Waals surface area contributed by atoms with Gasteiger partial charge in [-0.15, -0.1) is 0 Å². The van der Waals surface area contributed by atoms with E-state index in [1.54, 1.807) is 0 Å². The maximum atomic E-state index is 6.27. The second-order valence-electron chi connectivity index (χ2n) is 4.14. The minimum atomic E-state index is 0.0589. The Balaban J connectivity index is 2.20. The largest absolute Gasteiger partial charge is 0.323 e. The number of rotatable bonds is 3. The lowest BCUT2D eigenvalue weighted by atomic mass is 9.89. The van der Waals surface area contributed by atoms with Crippen molar-refractivity contribution in [1.29, 1.82) is 0 Å². The molecule has 0 aromatic heterocycles. The minimum Gasteiger partial charge on any atom is -0.323 e. The molecule has 0 aliphatic rings. The summed E-state index contributed by atoms with van der Waals surface area (Å²) in [6, 6.07) is 20.7. The van der Waals surface area contributed by atoms with Crippen molar-refractivity contribution in [3.05, 3.63) is 71.8 Å². The molecule has 1 unspecified atom stereocenters. The third-order valence-corrected chi connectivity index (χ3v) is 3.05. The Labute approximate surface area is 96.9 Å². The summed E-state index contributed by atoms with van der Waals surface area (Å²) in [5, 5.41) is 0. The summed E-state index contributed by atoms with van der Waals surface area (Å²) in [6.07, 6.45) is 0. The van der Waals surface area contributed by atoms with Crippen LogP contribution in [0.1, 0.15) is 30.0 Å². The molecule has 1 nitrogen and oxygen atoms in total. The lowest BCUT2D eigenvalue weighted by Gasteiger charge is -2.20. The standard InChI is InChI=1S/C15H17N/c1-12(13-8-4-2-5-9-13)15(16)14-10-6-3-7-11-14/h2-12,15H,16H2,1H3/t12-,15?/m1/s1. The maximum Gasteiger partial charge on any atom is 0.0361 e. The van der Waals surface area contributed by atoms with Crippen molar-refractivity contribution in [3.63, 3.8) is 0 Å². The zero-order valence-corrected chi connectivity index (χ0v) is 9.51. The van der Waals surface area contributed by atoms with E-state index in [0.717, 1.165) is 0 Å². The monoisotopic (exact) mass is 211 g/mol. The van der Waals surface area contributed by atoms with Gasteiger partial charge in [0.25, 0.3) is 0 Å². The van der Waals surface area contributed by atoms with Crippen molar-refractivity contribution in [3.8, 4) is 0 Å². The average molecular weight is 211 g/mol. The van der Waals surface area contributed by atoms with E-state index in [0.29, 0.717) is 5.92 Å². The van der Waals surface area contributed by atoms with Gasteiger partial charge in [0.1, 0.15) is 0 Å². The average Bonchev–Trinajstić information content (AvgIpc) is 2.39. The summed E-state index contributed by atoms with van der Waals surface area (Å²) in [5.41, 5.74) is 8.75. The van der Waals surface area contributed by atoms with Crippen molar-refractivity contribution in [2.24, 2.45) is 5.73 Å². The Morgan fingerprint density at radius 3 is 1.69 bits per heavy atom. The fraction of sp³-hybridized carbons (Fsp3) is 0.200. The van der Waals surface area contributed by atoms with E-state index in [1.165, 1.54) is 11.1 Å². The third-order valence-electron chi connectivity index (χ3n) is 3.05. The molecule has 0 heterocycles. The molecule has 2 atom stereocenters. The minimum absolute atomic E-state index is 0.0589. The zero-order valence-electron chi connectivity index (χ0n) is 9.51. The van der Waals surface area contributed by atoms with Gasteiger partial charge in [-0.25, -0.2) is 0 Å². The molecular weight excluding hydrogens is 194 g/mol. The molecule has 16 heavy (non-hydrogen) atoms. The summed E-state index contributed by atoms with van der Waals surface area (Å²) < 4.78 is 0. The second-order valence-corrected chi connectivity index (χ2v) is 4.14. The molecule has 0 aliphatic carbocycles. The highest BCUT2D eigenvalue weighted by atomic mass is 14.6. The van der Waals surface area contributed by atoms with Gasteiger partial charge < -0.3 is 5.73 Å². The highest BCUT2D eigenvalue weighted by molar-refractivity contribution is 5.26. The van der Waals surface area contributed by atoms with Crippen LogP contribution in [0.5, 0.6) is 0 Å². The molecule has 0 spiro atoms. The van der Waals surface area contributed by atoms with Gasteiger partial charge in [-0.1, -0.05) is 67.6 Å². The van der Waals surface area contributed by atoms with Gasteiger partial charge in [-0.05, 0) is 11.1 Å². The molecule has 2 aromatic carbocycles. The van der Waals surface area contributed by atoms with E-state index >= 15 is 0 Å². The zero-order chi connectivity index (χ0) is 11.4. The SMILES string of the molecule is C[C@H](c1ccccc1)C(N)c1ccccc1. The van der Waals surface area contributed by atoms with E-state index in [1.807, 2.05) is 24.3 Å². The second kappa shape index (κ2) is 4.95. The van der Waals surface area contributed by atoms with Crippen LogP contribution in [0.2, 0.25) is 0 Å². The Bertz CT molecular complexity index is 378. The molecule has 0 fully saturated rings. The van der Waals surface area contributed by atoms with Crippen LogP contribution in [0.3, 0.4) is 0 Å². The van der Waals surface area contributed by atoms with Crippen LogP contribution >= 0.6 is 0 Å². The maximum absolute atomic E-state index is 6.27. The van der Waals surface area contributed by atoms with Crippen molar-refractivity contribution >= 4 is 0 Å². The number of hydrogen-bond acceptors (Lipinski definition) is 1. The quantitative estimate of drug-likeness (QED) is 0.826. The van der Waals surface area contributed by atoms with Crippen molar-refractivity contribution in [2.75, 3.05) is 0 Å². The lowest BCUT2D eigenvalue weighted by Crippen LogP contribution is -2.17. The lowest BCUT2D eigenvalue weighted by molar-refractivity contribution is 0.598. The fourth-order valence-corrected chi connectivity index (χ4v) is 1.93. The van der Waals surface area contributed by atoms with Gasteiger partial charge in [-0.3, -0.25) is 0 Å². The van der Waals surface area contributed by atoms with E-state index in [4.69, 9.17) is 5.73 Å². The van der Waals surface area contributed by atoms with E-state index < -0.39 is 0 Å². The molecule has 2 aromatic rings. The first kappa shape index (κ1) is 10.9. The van der Waals surface area contributed by atoms with Crippen LogP contribution in [0.15, 0.2) is 60.7 Å². The van der Waals surface area contributed by atoms with Gasteiger partial charge >= 0.3 is 0 Å². The Morgan fingerprint density at radius 2 is 1.19 bits per heavy atom. The highest BCUT2D eigenvalue weighted by Crippen LogP contribution is 2.27. The predicted octanol–water partition coefficient (Wildman–Crippen LogP) is 3.49. The summed E-state index contributed by atoms with van der Waals surface area (Å²) in [4.78, 5) is 0. The number of benzene rings is 2. The summed E-state index contributed by atoms with van der Waals surface area (Å²) >= 11 is 0. The van der Waals surface area contributed by atoms with Crippen molar-refractivity contribution in [2.45, 2.75) is 18.9 Å². The molecule has 82 valence electrons. The molecular formula is C15H17N. The Morgan fingerprint density at radius 1 is 0.750 bits per heavy atom. The van der Waals surface area contributed by atoms with Crippen LogP contribution in [-0.4, -0.2) is 0 Å². The molecule has 0 saturated heterocycles. The van der Waals surface area contributed by atoms with Crippen molar-refractivity contribution in [1.82, 2.24) is 0 Å². The first-order valence-electron chi connectivity index (χ1n) is 5.64. The summed E-state index contributed by atoms with van der Waals surface area (Å²) in [6.45, 7) is 2.17. The molecule has 0 saturated carbocycles. The van der Waals surface area contributed by atoms with E-state index in [2.05, 4.69) is 43.3 Å². The molecule has 0 amide bonds. The first-order chi connectivity index (χ1) is 7.79. The van der Waals surface area contributed by atoms with Gasteiger partial charge in [0.05, 0.1) is 0 Å². The molecule has 0 radical (unpaired) electrons. The van der Waals surface area contributed by atoms with Crippen LogP contribution < -0.4 is 5.73 Å². The number of nitrogens with two attached hydrogens (primary N) is 1. The summed E-state index contributed by atoms with van der Waals surface area (Å²) in [5.74, 6) is 0.337. The smallest absolute Gasteiger partial charge is 0.0361 e. The molecule has 2 N–H and O–H groups in total. The Kier molecular flexibility index (Phi) is 3.37. The molecule has 0 bridgehead atoms. The molecule has 1 heteroatoms. The van der Waals surface area contributed by atoms with Crippen LogP contribution in [0, 0.1) is 0 Å². The molecule has 2 rings (SSSR count). The number of hydrogen-bond donors (Lipinski definition) is 1. The molecule has 0 aliphatic heterocycles. The normalized spacial score (nSPS) is 14.4. The van der Waals surface area contributed by atoms with E-state index in [-0.39, 0.29) is 6.04 Å². The Hall–Kier alpha value is -1.60. The third kappa shape index (κ3) is 2.31. The van der Waals surface area contributed by atoms with Crippen LogP contribution in [-0.2, 0) is 0 Å². The van der Waals surface area contributed by atoms with Gasteiger partial charge in [-0.2, -0.15) is 0 Å². The van der Waals surface area contributed by atoms with E-state index in [9.17, 15) is 0 Å². The van der Waals surface area contributed by atoms with Gasteiger partial charge in [0, 0.05) is 12.0 Å². The van der Waals surface area contributed by atoms with Crippen molar-refractivity contribution < 1.29 is 0 Å².